The minimum atomic E-state index is -0.0380. The van der Waals surface area contributed by atoms with Gasteiger partial charge in [-0.15, -0.1) is 0 Å². The van der Waals surface area contributed by atoms with E-state index in [1.54, 1.807) is 16.3 Å². The first kappa shape index (κ1) is 16.4. The van der Waals surface area contributed by atoms with Gasteiger partial charge in [-0.3, -0.25) is 4.79 Å². The largest absolute Gasteiger partial charge is 0.326 e. The van der Waals surface area contributed by atoms with Crippen LogP contribution in [0.1, 0.15) is 26.5 Å². The Morgan fingerprint density at radius 2 is 2.04 bits per heavy atom. The molecule has 6 nitrogen and oxygen atoms in total. The fourth-order valence-electron chi connectivity index (χ4n) is 2.10. The molecule has 2 aromatic heterocycles. The van der Waals surface area contributed by atoms with Gasteiger partial charge in [-0.25, -0.2) is 4.98 Å². The number of benzene rings is 1. The van der Waals surface area contributed by atoms with Crippen molar-refractivity contribution in [2.24, 2.45) is 5.92 Å². The molecular weight excluding hydrogens is 322 g/mol. The first-order chi connectivity index (χ1) is 11.6. The summed E-state index contributed by atoms with van der Waals surface area (Å²) in [6.07, 6.45) is 2.35. The second-order valence-electron chi connectivity index (χ2n) is 5.68. The highest BCUT2D eigenvalue weighted by atomic mass is 32.2. The number of hydrogen-bond acceptors (Lipinski definition) is 5. The third-order valence-electron chi connectivity index (χ3n) is 3.50. The number of fused-ring (bicyclic) bond motifs is 1. The van der Waals surface area contributed by atoms with Gasteiger partial charge in [0.2, 0.25) is 5.91 Å². The zero-order valence-corrected chi connectivity index (χ0v) is 14.7. The summed E-state index contributed by atoms with van der Waals surface area (Å²) in [7, 11) is 0. The zero-order chi connectivity index (χ0) is 17.1. The topological polar surface area (TPSA) is 72.2 Å². The summed E-state index contributed by atoms with van der Waals surface area (Å²) >= 11 is 1.59. The number of hydrogen-bond donors (Lipinski definition) is 1. The predicted molar refractivity (Wildman–Crippen MR) is 94.2 cm³/mol. The van der Waals surface area contributed by atoms with Gasteiger partial charge in [0.1, 0.15) is 11.4 Å². The molecule has 1 amide bonds. The molecule has 124 valence electrons. The van der Waals surface area contributed by atoms with E-state index >= 15 is 0 Å². The van der Waals surface area contributed by atoms with Crippen molar-refractivity contribution in [2.45, 2.75) is 37.1 Å². The molecule has 0 saturated heterocycles. The summed E-state index contributed by atoms with van der Waals surface area (Å²) in [6, 6.07) is 9.80. The SMILES string of the molecule is CCc1cc(Sc2ccc(NC(=O)C(C)C)cc2)n2ncnc2n1. The van der Waals surface area contributed by atoms with Gasteiger partial charge in [0, 0.05) is 22.2 Å². The van der Waals surface area contributed by atoms with Gasteiger partial charge in [0.05, 0.1) is 0 Å². The van der Waals surface area contributed by atoms with Gasteiger partial charge >= 0.3 is 0 Å². The van der Waals surface area contributed by atoms with Crippen molar-refractivity contribution < 1.29 is 4.79 Å². The lowest BCUT2D eigenvalue weighted by Crippen LogP contribution is -2.17. The normalized spacial score (nSPS) is 11.2. The lowest BCUT2D eigenvalue weighted by atomic mass is 10.2. The van der Waals surface area contributed by atoms with E-state index in [1.807, 2.05) is 44.2 Å². The lowest BCUT2D eigenvalue weighted by molar-refractivity contribution is -0.118. The average Bonchev–Trinajstić information content (AvgIpc) is 3.05. The minimum Gasteiger partial charge on any atom is -0.326 e. The molecule has 24 heavy (non-hydrogen) atoms. The van der Waals surface area contributed by atoms with Gasteiger partial charge in [0.15, 0.2) is 0 Å². The number of anilines is 1. The second kappa shape index (κ2) is 7.00. The highest BCUT2D eigenvalue weighted by Gasteiger charge is 2.10. The third kappa shape index (κ3) is 3.56. The average molecular weight is 341 g/mol. The number of carbonyl (C=O) groups excluding carboxylic acids is 1. The van der Waals surface area contributed by atoms with Crippen LogP contribution in [0.25, 0.3) is 5.78 Å². The van der Waals surface area contributed by atoms with Crippen LogP contribution in [0.5, 0.6) is 0 Å². The van der Waals surface area contributed by atoms with Crippen LogP contribution in [-0.2, 0) is 11.2 Å². The molecule has 0 radical (unpaired) electrons. The van der Waals surface area contributed by atoms with Crippen molar-refractivity contribution in [3.05, 3.63) is 42.4 Å². The quantitative estimate of drug-likeness (QED) is 0.720. The van der Waals surface area contributed by atoms with Crippen LogP contribution in [-0.4, -0.2) is 25.5 Å². The Morgan fingerprint density at radius 3 is 2.71 bits per heavy atom. The summed E-state index contributed by atoms with van der Waals surface area (Å²) in [5.74, 6) is 0.586. The highest BCUT2D eigenvalue weighted by Crippen LogP contribution is 2.29. The smallest absolute Gasteiger partial charge is 0.253 e. The summed E-state index contributed by atoms with van der Waals surface area (Å²) in [5, 5.41) is 8.09. The second-order valence-corrected chi connectivity index (χ2v) is 6.78. The maximum absolute atomic E-state index is 11.7. The molecule has 1 aromatic carbocycles. The zero-order valence-electron chi connectivity index (χ0n) is 13.9. The lowest BCUT2D eigenvalue weighted by Gasteiger charge is -2.09. The summed E-state index contributed by atoms with van der Waals surface area (Å²) in [4.78, 5) is 21.4. The number of aryl methyl sites for hydroxylation is 1. The van der Waals surface area contributed by atoms with Crippen molar-refractivity contribution in [3.8, 4) is 0 Å². The van der Waals surface area contributed by atoms with Crippen molar-refractivity contribution in [1.29, 1.82) is 0 Å². The van der Waals surface area contributed by atoms with E-state index in [4.69, 9.17) is 0 Å². The molecule has 0 unspecified atom stereocenters. The minimum absolute atomic E-state index is 0.0152. The summed E-state index contributed by atoms with van der Waals surface area (Å²) < 4.78 is 1.73. The van der Waals surface area contributed by atoms with E-state index in [9.17, 15) is 4.79 Å². The highest BCUT2D eigenvalue weighted by molar-refractivity contribution is 7.99. The van der Waals surface area contributed by atoms with Gasteiger partial charge in [0.25, 0.3) is 5.78 Å². The summed E-state index contributed by atoms with van der Waals surface area (Å²) in [6.45, 7) is 5.81. The molecule has 0 fully saturated rings. The van der Waals surface area contributed by atoms with Crippen molar-refractivity contribution in [1.82, 2.24) is 19.6 Å². The Balaban J connectivity index is 1.81. The van der Waals surface area contributed by atoms with E-state index in [2.05, 4.69) is 27.3 Å². The Labute approximate surface area is 144 Å². The van der Waals surface area contributed by atoms with Crippen LogP contribution in [0.3, 0.4) is 0 Å². The fourth-order valence-corrected chi connectivity index (χ4v) is 3.02. The maximum atomic E-state index is 11.7. The first-order valence-corrected chi connectivity index (χ1v) is 8.67. The van der Waals surface area contributed by atoms with Crippen molar-refractivity contribution in [2.75, 3.05) is 5.32 Å². The fraction of sp³-hybridized carbons (Fsp3) is 0.294. The monoisotopic (exact) mass is 341 g/mol. The third-order valence-corrected chi connectivity index (χ3v) is 4.51. The molecule has 0 aliphatic heterocycles. The first-order valence-electron chi connectivity index (χ1n) is 7.85. The van der Waals surface area contributed by atoms with Crippen LogP contribution in [0.4, 0.5) is 5.69 Å². The number of nitrogens with one attached hydrogen (secondary N) is 1. The molecule has 0 aliphatic rings. The number of nitrogens with zero attached hydrogens (tertiary/aromatic N) is 4. The molecular formula is C17H19N5OS. The Bertz CT molecular complexity index is 857. The van der Waals surface area contributed by atoms with E-state index in [1.165, 1.54) is 6.33 Å². The van der Waals surface area contributed by atoms with E-state index in [0.717, 1.165) is 27.7 Å². The summed E-state index contributed by atoms with van der Waals surface area (Å²) in [5.41, 5.74) is 1.78. The van der Waals surface area contributed by atoms with E-state index in [-0.39, 0.29) is 11.8 Å². The van der Waals surface area contributed by atoms with Gasteiger partial charge in [-0.2, -0.15) is 14.6 Å². The Morgan fingerprint density at radius 1 is 1.29 bits per heavy atom. The van der Waals surface area contributed by atoms with Crippen LogP contribution in [0.15, 0.2) is 46.6 Å². The Hall–Kier alpha value is -2.41. The van der Waals surface area contributed by atoms with Gasteiger partial charge in [-0.05, 0) is 36.8 Å². The molecule has 0 bridgehead atoms. The molecule has 3 rings (SSSR count). The molecule has 0 spiro atoms. The maximum Gasteiger partial charge on any atom is 0.253 e. The molecule has 0 aliphatic carbocycles. The predicted octanol–water partition coefficient (Wildman–Crippen LogP) is 3.43. The van der Waals surface area contributed by atoms with Crippen LogP contribution in [0.2, 0.25) is 0 Å². The van der Waals surface area contributed by atoms with Crippen molar-refractivity contribution in [3.63, 3.8) is 0 Å². The number of carbonyl (C=O) groups is 1. The van der Waals surface area contributed by atoms with E-state index in [0.29, 0.717) is 5.78 Å². The Kier molecular flexibility index (Phi) is 4.80. The molecule has 0 saturated carbocycles. The van der Waals surface area contributed by atoms with Gasteiger partial charge in [-0.1, -0.05) is 32.5 Å². The number of amides is 1. The number of rotatable bonds is 5. The van der Waals surface area contributed by atoms with E-state index < -0.39 is 0 Å². The molecule has 3 aromatic rings. The molecule has 7 heteroatoms. The molecule has 0 atom stereocenters. The van der Waals surface area contributed by atoms with Gasteiger partial charge < -0.3 is 5.32 Å². The van der Waals surface area contributed by atoms with Crippen LogP contribution in [0, 0.1) is 5.92 Å². The molecule has 1 N–H and O–H groups in total. The molecule has 2 heterocycles. The van der Waals surface area contributed by atoms with Crippen LogP contribution < -0.4 is 5.32 Å². The van der Waals surface area contributed by atoms with Crippen LogP contribution >= 0.6 is 11.8 Å². The van der Waals surface area contributed by atoms with Crippen molar-refractivity contribution >= 4 is 29.1 Å². The standard InChI is InChI=1S/C17H19N5OS/c1-4-12-9-15(22-17(21-12)18-10-19-22)24-14-7-5-13(6-8-14)20-16(23)11(2)3/h5-11H,4H2,1-3H3,(H,20,23). The number of aromatic nitrogens is 4.